The van der Waals surface area contributed by atoms with Gasteiger partial charge in [-0.25, -0.2) is 4.39 Å². The van der Waals surface area contributed by atoms with Crippen LogP contribution in [0, 0.1) is 5.82 Å². The fourth-order valence-electron chi connectivity index (χ4n) is 1.73. The molecule has 0 amide bonds. The molecule has 2 N–H and O–H groups in total. The molecule has 2 nitrogen and oxygen atoms in total. The van der Waals surface area contributed by atoms with Gasteiger partial charge in [-0.3, -0.25) is 0 Å². The minimum absolute atomic E-state index is 0.0980. The Morgan fingerprint density at radius 2 is 1.90 bits per heavy atom. The summed E-state index contributed by atoms with van der Waals surface area (Å²) in [5, 5.41) is 0.919. The van der Waals surface area contributed by atoms with E-state index in [2.05, 4.69) is 0 Å². The van der Waals surface area contributed by atoms with Crippen molar-refractivity contribution in [2.75, 3.05) is 0 Å². The topological polar surface area (TPSA) is 35.2 Å². The monoisotopic (exact) mass is 313 g/mol. The van der Waals surface area contributed by atoms with Crippen LogP contribution in [0.4, 0.5) is 4.39 Å². The molecule has 0 saturated heterocycles. The average molecular weight is 314 g/mol. The van der Waals surface area contributed by atoms with Crippen molar-refractivity contribution in [3.05, 3.63) is 63.4 Å². The highest BCUT2D eigenvalue weighted by Gasteiger charge is 2.08. The van der Waals surface area contributed by atoms with Crippen molar-refractivity contribution in [3.8, 4) is 5.75 Å². The minimum Gasteiger partial charge on any atom is -0.487 e. The molecule has 2 aromatic carbocycles. The van der Waals surface area contributed by atoms with Crippen LogP contribution in [0.15, 0.2) is 36.4 Å². The van der Waals surface area contributed by atoms with Crippen LogP contribution >= 0.6 is 23.2 Å². The van der Waals surface area contributed by atoms with E-state index in [9.17, 15) is 4.39 Å². The zero-order valence-corrected chi connectivity index (χ0v) is 12.4. The Bertz CT molecular complexity index is 617. The first-order chi connectivity index (χ1) is 9.47. The molecule has 2 rings (SSSR count). The molecule has 0 spiro atoms. The lowest BCUT2D eigenvalue weighted by Gasteiger charge is -2.12. The normalized spacial score (nSPS) is 12.2. The number of hydrogen-bond acceptors (Lipinski definition) is 2. The molecular formula is C15H14Cl2FNO. The maximum absolute atomic E-state index is 13.1. The van der Waals surface area contributed by atoms with E-state index in [1.54, 1.807) is 12.1 Å². The van der Waals surface area contributed by atoms with Gasteiger partial charge >= 0.3 is 0 Å². The first kappa shape index (κ1) is 15.1. The van der Waals surface area contributed by atoms with Crippen molar-refractivity contribution in [3.63, 3.8) is 0 Å². The van der Waals surface area contributed by atoms with Crippen LogP contribution in [-0.2, 0) is 6.61 Å². The molecule has 20 heavy (non-hydrogen) atoms. The number of nitrogens with two attached hydrogens (primary N) is 1. The number of benzene rings is 2. The fourth-order valence-corrected chi connectivity index (χ4v) is 2.14. The molecule has 0 aliphatic carbocycles. The maximum atomic E-state index is 13.1. The molecular weight excluding hydrogens is 300 g/mol. The molecule has 106 valence electrons. The Kier molecular flexibility index (Phi) is 4.86. The van der Waals surface area contributed by atoms with Gasteiger partial charge in [-0.2, -0.15) is 0 Å². The van der Waals surface area contributed by atoms with Gasteiger partial charge in [0.25, 0.3) is 0 Å². The largest absolute Gasteiger partial charge is 0.487 e. The van der Waals surface area contributed by atoms with Gasteiger partial charge in [-0.05, 0) is 42.8 Å². The van der Waals surface area contributed by atoms with Gasteiger partial charge in [0, 0.05) is 16.6 Å². The van der Waals surface area contributed by atoms with Crippen LogP contribution in [0.2, 0.25) is 10.0 Å². The van der Waals surface area contributed by atoms with E-state index in [-0.39, 0.29) is 18.5 Å². The zero-order valence-electron chi connectivity index (χ0n) is 10.9. The lowest BCUT2D eigenvalue weighted by atomic mass is 10.1. The predicted octanol–water partition coefficient (Wildman–Crippen LogP) is 4.73. The summed E-state index contributed by atoms with van der Waals surface area (Å²) in [6, 6.07) is 9.39. The third-order valence-corrected chi connectivity index (χ3v) is 3.54. The van der Waals surface area contributed by atoms with E-state index in [0.29, 0.717) is 21.4 Å². The summed E-state index contributed by atoms with van der Waals surface area (Å²) in [4.78, 5) is 0. The summed E-state index contributed by atoms with van der Waals surface area (Å²) in [7, 11) is 0. The summed E-state index contributed by atoms with van der Waals surface area (Å²) in [5.74, 6) is 0.155. The van der Waals surface area contributed by atoms with Crippen LogP contribution < -0.4 is 10.5 Å². The molecule has 0 aliphatic rings. The van der Waals surface area contributed by atoms with Gasteiger partial charge < -0.3 is 10.5 Å². The number of rotatable bonds is 4. The first-order valence-corrected chi connectivity index (χ1v) is 6.84. The third kappa shape index (κ3) is 3.63. The van der Waals surface area contributed by atoms with Crippen molar-refractivity contribution in [2.24, 2.45) is 5.73 Å². The highest BCUT2D eigenvalue weighted by atomic mass is 35.5. The Balaban J connectivity index is 2.13. The van der Waals surface area contributed by atoms with Gasteiger partial charge in [0.05, 0.1) is 5.02 Å². The van der Waals surface area contributed by atoms with Crippen molar-refractivity contribution < 1.29 is 9.13 Å². The van der Waals surface area contributed by atoms with Crippen molar-refractivity contribution in [2.45, 2.75) is 19.6 Å². The summed E-state index contributed by atoms with van der Waals surface area (Å²) in [5.41, 5.74) is 7.27. The fraction of sp³-hybridized carbons (Fsp3) is 0.200. The second-order valence-electron chi connectivity index (χ2n) is 4.50. The minimum atomic E-state index is -0.355. The summed E-state index contributed by atoms with van der Waals surface area (Å²) >= 11 is 12.1. The van der Waals surface area contributed by atoms with Crippen LogP contribution in [0.3, 0.4) is 0 Å². The lowest BCUT2D eigenvalue weighted by molar-refractivity contribution is 0.305. The molecule has 0 fully saturated rings. The second kappa shape index (κ2) is 6.44. The standard InChI is InChI=1S/C15H14Cl2FNO/c1-9(19)10-2-5-15(14(17)7-10)20-8-11-6-12(18)3-4-13(11)16/h2-7,9H,8,19H2,1H3/t9-/m0/s1. The molecule has 0 saturated carbocycles. The zero-order chi connectivity index (χ0) is 14.7. The van der Waals surface area contributed by atoms with Crippen LogP contribution in [0.5, 0.6) is 5.75 Å². The Labute approximate surface area is 127 Å². The van der Waals surface area contributed by atoms with E-state index < -0.39 is 0 Å². The van der Waals surface area contributed by atoms with Gasteiger partial charge in [0.2, 0.25) is 0 Å². The van der Waals surface area contributed by atoms with E-state index in [0.717, 1.165) is 5.56 Å². The van der Waals surface area contributed by atoms with E-state index in [1.807, 2.05) is 13.0 Å². The third-order valence-electron chi connectivity index (χ3n) is 2.87. The van der Waals surface area contributed by atoms with Crippen LogP contribution in [0.1, 0.15) is 24.1 Å². The van der Waals surface area contributed by atoms with Gasteiger partial charge in [-0.1, -0.05) is 29.3 Å². The Morgan fingerprint density at radius 3 is 2.55 bits per heavy atom. The smallest absolute Gasteiger partial charge is 0.138 e. The number of hydrogen-bond donors (Lipinski definition) is 1. The van der Waals surface area contributed by atoms with Crippen molar-refractivity contribution in [1.82, 2.24) is 0 Å². The summed E-state index contributed by atoms with van der Waals surface area (Å²) in [6.45, 7) is 2.02. The summed E-state index contributed by atoms with van der Waals surface area (Å²) in [6.07, 6.45) is 0. The molecule has 0 aromatic heterocycles. The first-order valence-electron chi connectivity index (χ1n) is 6.09. The highest BCUT2D eigenvalue weighted by molar-refractivity contribution is 6.32. The molecule has 0 radical (unpaired) electrons. The molecule has 0 heterocycles. The number of halogens is 3. The molecule has 1 atom stereocenters. The van der Waals surface area contributed by atoms with Crippen LogP contribution in [-0.4, -0.2) is 0 Å². The number of ether oxygens (including phenoxy) is 1. The van der Waals surface area contributed by atoms with Gasteiger partial charge in [0.15, 0.2) is 0 Å². The highest BCUT2D eigenvalue weighted by Crippen LogP contribution is 2.29. The SMILES string of the molecule is C[C@H](N)c1ccc(OCc2cc(F)ccc2Cl)c(Cl)c1. The van der Waals surface area contributed by atoms with Gasteiger partial charge in [-0.15, -0.1) is 0 Å². The van der Waals surface area contributed by atoms with E-state index in [4.69, 9.17) is 33.7 Å². The molecule has 0 aliphatic heterocycles. The molecule has 5 heteroatoms. The lowest BCUT2D eigenvalue weighted by Crippen LogP contribution is -2.05. The molecule has 0 unspecified atom stereocenters. The Hall–Kier alpha value is -1.29. The van der Waals surface area contributed by atoms with E-state index >= 15 is 0 Å². The molecule has 0 bridgehead atoms. The van der Waals surface area contributed by atoms with Crippen LogP contribution in [0.25, 0.3) is 0 Å². The average Bonchev–Trinajstić information content (AvgIpc) is 2.40. The summed E-state index contributed by atoms with van der Waals surface area (Å²) < 4.78 is 18.7. The Morgan fingerprint density at radius 1 is 1.15 bits per heavy atom. The second-order valence-corrected chi connectivity index (χ2v) is 5.32. The van der Waals surface area contributed by atoms with Crippen molar-refractivity contribution in [1.29, 1.82) is 0 Å². The van der Waals surface area contributed by atoms with Crippen molar-refractivity contribution >= 4 is 23.2 Å². The quantitative estimate of drug-likeness (QED) is 0.885. The van der Waals surface area contributed by atoms with E-state index in [1.165, 1.54) is 18.2 Å². The van der Waals surface area contributed by atoms with Gasteiger partial charge in [0.1, 0.15) is 18.2 Å². The predicted molar refractivity (Wildman–Crippen MR) is 79.8 cm³/mol. The molecule has 2 aromatic rings. The maximum Gasteiger partial charge on any atom is 0.138 e.